The predicted molar refractivity (Wildman–Crippen MR) is 84.1 cm³/mol. The average Bonchev–Trinajstić information content (AvgIpc) is 3.38. The topological polar surface area (TPSA) is 71.1 Å². The van der Waals surface area contributed by atoms with Gasteiger partial charge in [0.2, 0.25) is 0 Å². The number of anilines is 1. The molecule has 2 N–H and O–H groups in total. The molecule has 2 aromatic rings. The van der Waals surface area contributed by atoms with E-state index in [1.807, 2.05) is 0 Å². The molecule has 1 aliphatic rings. The van der Waals surface area contributed by atoms with Crippen LogP contribution in [0.25, 0.3) is 0 Å². The van der Waals surface area contributed by atoms with Crippen molar-refractivity contribution in [3.8, 4) is 0 Å². The van der Waals surface area contributed by atoms with E-state index >= 15 is 0 Å². The van der Waals surface area contributed by atoms with Gasteiger partial charge in [-0.05, 0) is 37.1 Å². The van der Waals surface area contributed by atoms with Gasteiger partial charge in [0.1, 0.15) is 5.69 Å². The van der Waals surface area contributed by atoms with Crippen molar-refractivity contribution in [1.29, 1.82) is 0 Å². The van der Waals surface area contributed by atoms with E-state index < -0.39 is 23.6 Å². The highest BCUT2D eigenvalue weighted by molar-refractivity contribution is 6.06. The fourth-order valence-electron chi connectivity index (χ4n) is 2.22. The van der Waals surface area contributed by atoms with E-state index in [0.717, 1.165) is 18.9 Å². The predicted octanol–water partition coefficient (Wildman–Crippen LogP) is 3.24. The molecule has 25 heavy (non-hydrogen) atoms. The Bertz CT molecular complexity index is 817. The second-order valence-electron chi connectivity index (χ2n) is 5.67. The summed E-state index contributed by atoms with van der Waals surface area (Å²) >= 11 is 0. The normalized spacial score (nSPS) is 14.0. The standard InChI is InChI=1S/C17H14F3N3O2/c18-17(19,20)12-3-1-2-4-13(12)23-15(24)10-7-8-21-14(9-10)16(25)22-11-5-6-11/h1-4,7-9,11H,5-6H2,(H,22,25)(H,23,24). The highest BCUT2D eigenvalue weighted by Crippen LogP contribution is 2.34. The number of nitrogens with zero attached hydrogens (tertiary/aromatic N) is 1. The molecule has 0 unspecified atom stereocenters. The molecular formula is C17H14F3N3O2. The Morgan fingerprint density at radius 3 is 2.48 bits per heavy atom. The maximum absolute atomic E-state index is 13.0. The summed E-state index contributed by atoms with van der Waals surface area (Å²) in [6.07, 6.45) is -1.51. The zero-order valence-electron chi connectivity index (χ0n) is 12.9. The molecule has 1 aromatic carbocycles. The van der Waals surface area contributed by atoms with Gasteiger partial charge < -0.3 is 10.6 Å². The summed E-state index contributed by atoms with van der Waals surface area (Å²) in [6, 6.07) is 7.41. The summed E-state index contributed by atoms with van der Waals surface area (Å²) in [5, 5.41) is 4.97. The van der Waals surface area contributed by atoms with Gasteiger partial charge >= 0.3 is 6.18 Å². The third kappa shape index (κ3) is 4.14. The van der Waals surface area contributed by atoms with Crippen LogP contribution in [-0.2, 0) is 6.18 Å². The van der Waals surface area contributed by atoms with E-state index in [4.69, 9.17) is 0 Å². The molecule has 2 amide bonds. The van der Waals surface area contributed by atoms with Crippen molar-refractivity contribution < 1.29 is 22.8 Å². The van der Waals surface area contributed by atoms with E-state index in [0.29, 0.717) is 0 Å². The van der Waals surface area contributed by atoms with E-state index in [9.17, 15) is 22.8 Å². The average molecular weight is 349 g/mol. The van der Waals surface area contributed by atoms with Crippen LogP contribution in [0.4, 0.5) is 18.9 Å². The molecule has 3 rings (SSSR count). The van der Waals surface area contributed by atoms with Gasteiger partial charge in [-0.15, -0.1) is 0 Å². The number of alkyl halides is 3. The highest BCUT2D eigenvalue weighted by Gasteiger charge is 2.33. The summed E-state index contributed by atoms with van der Waals surface area (Å²) in [5.41, 5.74) is -1.19. The van der Waals surface area contributed by atoms with Crippen LogP contribution in [0.1, 0.15) is 39.3 Å². The summed E-state index contributed by atoms with van der Waals surface area (Å²) in [6.45, 7) is 0. The minimum absolute atomic E-state index is 0.0451. The first-order valence-corrected chi connectivity index (χ1v) is 7.59. The van der Waals surface area contributed by atoms with E-state index in [1.54, 1.807) is 0 Å². The van der Waals surface area contributed by atoms with Crippen LogP contribution >= 0.6 is 0 Å². The van der Waals surface area contributed by atoms with Gasteiger partial charge in [0.05, 0.1) is 11.3 Å². The molecule has 0 radical (unpaired) electrons. The zero-order valence-corrected chi connectivity index (χ0v) is 12.9. The van der Waals surface area contributed by atoms with E-state index in [1.165, 1.54) is 36.5 Å². The molecule has 1 aromatic heterocycles. The Morgan fingerprint density at radius 1 is 1.08 bits per heavy atom. The van der Waals surface area contributed by atoms with Gasteiger partial charge in [-0.3, -0.25) is 14.6 Å². The Morgan fingerprint density at radius 2 is 1.80 bits per heavy atom. The van der Waals surface area contributed by atoms with Crippen molar-refractivity contribution in [3.05, 3.63) is 59.4 Å². The van der Waals surface area contributed by atoms with E-state index in [-0.39, 0.29) is 23.0 Å². The Balaban J connectivity index is 1.79. The summed E-state index contributed by atoms with van der Waals surface area (Å²) in [4.78, 5) is 28.1. The van der Waals surface area contributed by atoms with Crippen LogP contribution < -0.4 is 10.6 Å². The molecule has 0 spiro atoms. The number of aromatic nitrogens is 1. The first-order chi connectivity index (χ1) is 11.8. The number of rotatable bonds is 4. The van der Waals surface area contributed by atoms with Gasteiger partial charge in [0.25, 0.3) is 11.8 Å². The molecule has 0 saturated heterocycles. The molecular weight excluding hydrogens is 335 g/mol. The molecule has 5 nitrogen and oxygen atoms in total. The monoisotopic (exact) mass is 349 g/mol. The number of amides is 2. The van der Waals surface area contributed by atoms with Crippen LogP contribution in [-0.4, -0.2) is 22.8 Å². The quantitative estimate of drug-likeness (QED) is 0.890. The molecule has 0 bridgehead atoms. The highest BCUT2D eigenvalue weighted by atomic mass is 19.4. The maximum atomic E-state index is 13.0. The van der Waals surface area contributed by atoms with Crippen molar-refractivity contribution in [2.45, 2.75) is 25.1 Å². The molecule has 0 aliphatic heterocycles. The SMILES string of the molecule is O=C(Nc1ccccc1C(F)(F)F)c1ccnc(C(=O)NC2CC2)c1. The summed E-state index contributed by atoms with van der Waals surface area (Å²) in [5.74, 6) is -1.16. The van der Waals surface area contributed by atoms with Crippen LogP contribution in [0.5, 0.6) is 0 Å². The van der Waals surface area contributed by atoms with Gasteiger partial charge in [-0.1, -0.05) is 12.1 Å². The molecule has 130 valence electrons. The molecule has 0 atom stereocenters. The second kappa shape index (κ2) is 6.54. The number of nitrogens with one attached hydrogen (secondary N) is 2. The Hall–Kier alpha value is -2.90. The smallest absolute Gasteiger partial charge is 0.348 e. The van der Waals surface area contributed by atoms with Gasteiger partial charge in [-0.2, -0.15) is 13.2 Å². The number of para-hydroxylation sites is 1. The van der Waals surface area contributed by atoms with Crippen molar-refractivity contribution in [2.75, 3.05) is 5.32 Å². The number of pyridine rings is 1. The van der Waals surface area contributed by atoms with Crippen LogP contribution in [0.2, 0.25) is 0 Å². The lowest BCUT2D eigenvalue weighted by Gasteiger charge is -2.13. The minimum atomic E-state index is -4.59. The zero-order chi connectivity index (χ0) is 18.0. The fourth-order valence-corrected chi connectivity index (χ4v) is 2.22. The lowest BCUT2D eigenvalue weighted by Crippen LogP contribution is -2.26. The molecule has 1 aliphatic carbocycles. The maximum Gasteiger partial charge on any atom is 0.418 e. The summed E-state index contributed by atoms with van der Waals surface area (Å²) in [7, 11) is 0. The van der Waals surface area contributed by atoms with Crippen molar-refractivity contribution in [2.24, 2.45) is 0 Å². The lowest BCUT2D eigenvalue weighted by atomic mass is 10.1. The number of hydrogen-bond donors (Lipinski definition) is 2. The van der Waals surface area contributed by atoms with Crippen LogP contribution in [0.15, 0.2) is 42.6 Å². The third-order valence-corrected chi connectivity index (χ3v) is 3.65. The van der Waals surface area contributed by atoms with Crippen molar-refractivity contribution in [1.82, 2.24) is 10.3 Å². The largest absolute Gasteiger partial charge is 0.418 e. The molecule has 8 heteroatoms. The lowest BCUT2D eigenvalue weighted by molar-refractivity contribution is -0.136. The third-order valence-electron chi connectivity index (χ3n) is 3.65. The van der Waals surface area contributed by atoms with Gasteiger partial charge in [0, 0.05) is 17.8 Å². The van der Waals surface area contributed by atoms with E-state index in [2.05, 4.69) is 15.6 Å². The minimum Gasteiger partial charge on any atom is -0.348 e. The molecule has 1 heterocycles. The second-order valence-corrected chi connectivity index (χ2v) is 5.67. The first kappa shape index (κ1) is 16.9. The fraction of sp³-hybridized carbons (Fsp3) is 0.235. The van der Waals surface area contributed by atoms with Crippen LogP contribution in [0, 0.1) is 0 Å². The number of hydrogen-bond acceptors (Lipinski definition) is 3. The Labute approximate surface area is 141 Å². The molecule has 1 fully saturated rings. The number of halogens is 3. The van der Waals surface area contributed by atoms with Crippen molar-refractivity contribution in [3.63, 3.8) is 0 Å². The number of benzene rings is 1. The number of carbonyl (C=O) groups is 2. The van der Waals surface area contributed by atoms with Crippen LogP contribution in [0.3, 0.4) is 0 Å². The van der Waals surface area contributed by atoms with Gasteiger partial charge in [-0.25, -0.2) is 0 Å². The van der Waals surface area contributed by atoms with Gasteiger partial charge in [0.15, 0.2) is 0 Å². The van der Waals surface area contributed by atoms with Crippen molar-refractivity contribution >= 4 is 17.5 Å². The molecule has 1 saturated carbocycles. The first-order valence-electron chi connectivity index (χ1n) is 7.59. The summed E-state index contributed by atoms with van der Waals surface area (Å²) < 4.78 is 39.0. The number of carbonyl (C=O) groups excluding carboxylic acids is 2. The Kier molecular flexibility index (Phi) is 4.43.